The van der Waals surface area contributed by atoms with Crippen LogP contribution >= 0.6 is 0 Å². The second-order valence-electron chi connectivity index (χ2n) is 7.91. The number of halogens is 3. The largest absolute Gasteiger partial charge is 0.409 e. The third-order valence-corrected chi connectivity index (χ3v) is 5.11. The molecule has 0 unspecified atom stereocenters. The molecule has 3 nitrogen and oxygen atoms in total. The SMILES string of the molecule is CCCCc1cc([C@H](N2CC(C)(C)C(=O)N2)C(F)(F)F)c2ccccc2c1. The average Bonchev–Trinajstić information content (AvgIpc) is 2.84. The minimum absolute atomic E-state index is 0.00350. The number of nitrogens with zero attached hydrogens (tertiary/aromatic N) is 1. The Kier molecular flexibility index (Phi) is 5.21. The van der Waals surface area contributed by atoms with Gasteiger partial charge in [0.15, 0.2) is 6.04 Å². The molecule has 6 heteroatoms. The van der Waals surface area contributed by atoms with Gasteiger partial charge in [-0.2, -0.15) is 13.2 Å². The van der Waals surface area contributed by atoms with Gasteiger partial charge in [-0.15, -0.1) is 0 Å². The lowest BCUT2D eigenvalue weighted by atomic mass is 9.91. The summed E-state index contributed by atoms with van der Waals surface area (Å²) in [4.78, 5) is 12.1. The Bertz CT molecular complexity index is 845. The summed E-state index contributed by atoms with van der Waals surface area (Å²) in [5.74, 6) is -0.386. The van der Waals surface area contributed by atoms with Crippen LogP contribution in [0.2, 0.25) is 0 Å². The zero-order valence-electron chi connectivity index (χ0n) is 15.9. The van der Waals surface area contributed by atoms with Crippen LogP contribution in [0.15, 0.2) is 36.4 Å². The lowest BCUT2D eigenvalue weighted by Crippen LogP contribution is -2.43. The average molecular weight is 378 g/mol. The normalized spacial score (nSPS) is 18.7. The summed E-state index contributed by atoms with van der Waals surface area (Å²) in [5, 5.41) is 2.41. The zero-order valence-corrected chi connectivity index (χ0v) is 15.9. The van der Waals surface area contributed by atoms with Crippen LogP contribution in [0, 0.1) is 5.41 Å². The number of rotatable bonds is 5. The summed E-state index contributed by atoms with van der Waals surface area (Å²) in [6.07, 6.45) is -1.89. The molecule has 3 rings (SSSR count). The Morgan fingerprint density at radius 3 is 2.52 bits per heavy atom. The van der Waals surface area contributed by atoms with Crippen molar-refractivity contribution in [3.8, 4) is 0 Å². The first-order valence-corrected chi connectivity index (χ1v) is 9.29. The highest BCUT2D eigenvalue weighted by molar-refractivity contribution is 5.87. The number of aryl methyl sites for hydroxylation is 1. The monoisotopic (exact) mass is 378 g/mol. The molecule has 1 amide bonds. The number of carbonyl (C=O) groups is 1. The topological polar surface area (TPSA) is 32.3 Å². The number of nitrogens with one attached hydrogen (secondary N) is 1. The Morgan fingerprint density at radius 1 is 1.22 bits per heavy atom. The zero-order chi connectivity index (χ0) is 19.8. The number of amides is 1. The van der Waals surface area contributed by atoms with Crippen LogP contribution in [-0.4, -0.2) is 23.6 Å². The molecule has 1 N–H and O–H groups in total. The molecule has 2 aromatic rings. The highest BCUT2D eigenvalue weighted by Gasteiger charge is 2.51. The number of fused-ring (bicyclic) bond motifs is 1. The summed E-state index contributed by atoms with van der Waals surface area (Å²) in [5.41, 5.74) is 2.68. The standard InChI is InChI=1S/C21H25F3N2O/c1-4-5-8-14-11-15-9-6-7-10-16(15)17(12-14)18(21(22,23)24)26-13-20(2,3)19(27)25-26/h6-7,9-12,18H,4-5,8,13H2,1-3H3,(H,25,27)/t18-/m0/s1. The van der Waals surface area contributed by atoms with Crippen LogP contribution in [0.4, 0.5) is 13.2 Å². The summed E-state index contributed by atoms with van der Waals surface area (Å²) in [7, 11) is 0. The van der Waals surface area contributed by atoms with E-state index >= 15 is 0 Å². The molecule has 0 aromatic heterocycles. The Morgan fingerprint density at radius 2 is 1.93 bits per heavy atom. The first-order chi connectivity index (χ1) is 12.6. The lowest BCUT2D eigenvalue weighted by Gasteiger charge is -2.31. The molecule has 0 radical (unpaired) electrons. The first-order valence-electron chi connectivity index (χ1n) is 9.29. The van der Waals surface area contributed by atoms with E-state index in [4.69, 9.17) is 0 Å². The fourth-order valence-electron chi connectivity index (χ4n) is 3.65. The maximum Gasteiger partial charge on any atom is 0.409 e. The molecule has 0 saturated carbocycles. The van der Waals surface area contributed by atoms with Crippen molar-refractivity contribution < 1.29 is 18.0 Å². The van der Waals surface area contributed by atoms with Crippen molar-refractivity contribution in [3.63, 3.8) is 0 Å². The van der Waals surface area contributed by atoms with Crippen molar-refractivity contribution in [2.75, 3.05) is 6.54 Å². The van der Waals surface area contributed by atoms with E-state index in [1.165, 1.54) is 0 Å². The van der Waals surface area contributed by atoms with Crippen molar-refractivity contribution in [3.05, 3.63) is 47.5 Å². The summed E-state index contributed by atoms with van der Waals surface area (Å²) >= 11 is 0. The Hall–Kier alpha value is -2.08. The molecule has 1 saturated heterocycles. The van der Waals surface area contributed by atoms with E-state index in [1.807, 2.05) is 18.2 Å². The van der Waals surface area contributed by atoms with Gasteiger partial charge in [-0.25, -0.2) is 5.01 Å². The molecule has 0 bridgehead atoms. The van der Waals surface area contributed by atoms with Crippen molar-refractivity contribution in [2.24, 2.45) is 5.41 Å². The molecular weight excluding hydrogens is 353 g/mol. The smallest absolute Gasteiger partial charge is 0.287 e. The number of unbranched alkanes of at least 4 members (excludes halogenated alkanes) is 1. The molecule has 2 aromatic carbocycles. The van der Waals surface area contributed by atoms with Gasteiger partial charge in [0, 0.05) is 6.54 Å². The summed E-state index contributed by atoms with van der Waals surface area (Å²) < 4.78 is 42.5. The lowest BCUT2D eigenvalue weighted by molar-refractivity contribution is -0.191. The molecule has 1 aliphatic heterocycles. The van der Waals surface area contributed by atoms with Crippen molar-refractivity contribution >= 4 is 16.7 Å². The van der Waals surface area contributed by atoms with E-state index < -0.39 is 17.6 Å². The van der Waals surface area contributed by atoms with Gasteiger partial charge in [-0.3, -0.25) is 10.2 Å². The first kappa shape index (κ1) is 19.7. The number of alkyl halides is 3. The Balaban J connectivity index is 2.14. The number of hydrogen-bond donors (Lipinski definition) is 1. The number of carbonyl (C=O) groups excluding carboxylic acids is 1. The Labute approximate surface area is 157 Å². The van der Waals surface area contributed by atoms with E-state index in [2.05, 4.69) is 12.3 Å². The van der Waals surface area contributed by atoms with Crippen LogP contribution < -0.4 is 5.43 Å². The van der Waals surface area contributed by atoms with Crippen molar-refractivity contribution in [2.45, 2.75) is 52.3 Å². The molecule has 1 atom stereocenters. The second-order valence-corrected chi connectivity index (χ2v) is 7.91. The van der Waals surface area contributed by atoms with Crippen LogP contribution in [0.25, 0.3) is 10.8 Å². The van der Waals surface area contributed by atoms with Crippen LogP contribution in [0.1, 0.15) is 50.8 Å². The van der Waals surface area contributed by atoms with Gasteiger partial charge in [0.25, 0.3) is 0 Å². The fourth-order valence-corrected chi connectivity index (χ4v) is 3.65. The predicted molar refractivity (Wildman–Crippen MR) is 100.0 cm³/mol. The maximum absolute atomic E-state index is 14.2. The molecule has 1 aliphatic rings. The minimum atomic E-state index is -4.51. The fraction of sp³-hybridized carbons (Fsp3) is 0.476. The minimum Gasteiger partial charge on any atom is -0.287 e. The number of hydrogen-bond acceptors (Lipinski definition) is 2. The highest BCUT2D eigenvalue weighted by Crippen LogP contribution is 2.43. The predicted octanol–water partition coefficient (Wildman–Crippen LogP) is 5.16. The number of hydrazine groups is 1. The van der Waals surface area contributed by atoms with E-state index in [1.54, 1.807) is 32.0 Å². The van der Waals surface area contributed by atoms with E-state index in [0.29, 0.717) is 5.39 Å². The van der Waals surface area contributed by atoms with Crippen molar-refractivity contribution in [1.29, 1.82) is 0 Å². The third kappa shape index (κ3) is 3.95. The quantitative estimate of drug-likeness (QED) is 0.780. The van der Waals surface area contributed by atoms with Crippen LogP contribution in [0.5, 0.6) is 0 Å². The molecule has 1 heterocycles. The van der Waals surface area contributed by atoms with Crippen molar-refractivity contribution in [1.82, 2.24) is 10.4 Å². The summed E-state index contributed by atoms with van der Waals surface area (Å²) in [6.45, 7) is 5.38. The van der Waals surface area contributed by atoms with Gasteiger partial charge in [-0.05, 0) is 48.6 Å². The molecule has 0 spiro atoms. The summed E-state index contributed by atoms with van der Waals surface area (Å²) in [6, 6.07) is 8.89. The maximum atomic E-state index is 14.2. The molecule has 27 heavy (non-hydrogen) atoms. The van der Waals surface area contributed by atoms with Gasteiger partial charge in [0.05, 0.1) is 5.41 Å². The van der Waals surface area contributed by atoms with E-state index in [9.17, 15) is 18.0 Å². The molecule has 1 fully saturated rings. The molecular formula is C21H25F3N2O. The van der Waals surface area contributed by atoms with E-state index in [0.717, 1.165) is 35.2 Å². The van der Waals surface area contributed by atoms with Gasteiger partial charge in [0.1, 0.15) is 0 Å². The number of benzene rings is 2. The van der Waals surface area contributed by atoms with Crippen LogP contribution in [-0.2, 0) is 11.2 Å². The van der Waals surface area contributed by atoms with Gasteiger partial charge < -0.3 is 0 Å². The van der Waals surface area contributed by atoms with Gasteiger partial charge >= 0.3 is 6.18 Å². The molecule has 0 aliphatic carbocycles. The van der Waals surface area contributed by atoms with E-state index in [-0.39, 0.29) is 18.0 Å². The molecule has 146 valence electrons. The second kappa shape index (κ2) is 7.15. The van der Waals surface area contributed by atoms with Gasteiger partial charge in [-0.1, -0.05) is 49.7 Å². The van der Waals surface area contributed by atoms with Crippen LogP contribution in [0.3, 0.4) is 0 Å². The highest BCUT2D eigenvalue weighted by atomic mass is 19.4. The van der Waals surface area contributed by atoms with Gasteiger partial charge in [0.2, 0.25) is 5.91 Å². The third-order valence-electron chi connectivity index (χ3n) is 5.11.